The first-order valence-corrected chi connectivity index (χ1v) is 10.1. The minimum Gasteiger partial charge on any atom is -0.350 e. The smallest absolute Gasteiger partial charge is 0.350 e. The first-order valence-electron chi connectivity index (χ1n) is 9.33. The largest absolute Gasteiger partial charge is 0.453 e. The number of hydrogen-bond donors (Lipinski definition) is 0. The molecular weight excluding hydrogens is 399 g/mol. The normalized spacial score (nSPS) is 11.0. The second-order valence-electron chi connectivity index (χ2n) is 5.85. The molecular formula is C22H22F3NO2S. The lowest BCUT2D eigenvalue weighted by Gasteiger charge is -2.07. The third kappa shape index (κ3) is 5.73. The van der Waals surface area contributed by atoms with E-state index >= 15 is 0 Å². The van der Waals surface area contributed by atoms with Crippen LogP contribution in [0.4, 0.5) is 13.2 Å². The fraction of sp³-hybridized carbons (Fsp3) is 0.273. The Kier molecular flexibility index (Phi) is 8.08. The van der Waals surface area contributed by atoms with Gasteiger partial charge in [0.25, 0.3) is 0 Å². The summed E-state index contributed by atoms with van der Waals surface area (Å²) in [6, 6.07) is 14.9. The second kappa shape index (κ2) is 10.3. The minimum absolute atomic E-state index is 0.0519. The zero-order chi connectivity index (χ0) is 21.4. The van der Waals surface area contributed by atoms with Crippen LogP contribution in [0.2, 0.25) is 0 Å². The Bertz CT molecular complexity index is 919. The van der Waals surface area contributed by atoms with E-state index in [1.54, 1.807) is 54.6 Å². The topological polar surface area (TPSA) is 43.1 Å². The molecule has 3 rings (SSSR count). The molecule has 3 nitrogen and oxygen atoms in total. The van der Waals surface area contributed by atoms with E-state index in [-0.39, 0.29) is 16.4 Å². The Morgan fingerprint density at radius 1 is 1.00 bits per heavy atom. The van der Waals surface area contributed by atoms with Gasteiger partial charge in [0.1, 0.15) is 5.69 Å². The van der Waals surface area contributed by atoms with Crippen LogP contribution < -0.4 is 0 Å². The number of thioether (sulfide) groups is 1. The van der Waals surface area contributed by atoms with E-state index in [1.165, 1.54) is 0 Å². The molecule has 0 aliphatic heterocycles. The zero-order valence-electron chi connectivity index (χ0n) is 16.4. The molecule has 154 valence electrons. The Balaban J connectivity index is 0.00000145. The van der Waals surface area contributed by atoms with Gasteiger partial charge in [-0.1, -0.05) is 80.2 Å². The predicted molar refractivity (Wildman–Crippen MR) is 109 cm³/mol. The molecule has 0 aliphatic rings. The van der Waals surface area contributed by atoms with Crippen LogP contribution in [-0.2, 0) is 11.0 Å². The molecule has 0 amide bonds. The van der Waals surface area contributed by atoms with Gasteiger partial charge in [-0.3, -0.25) is 4.79 Å². The standard InChI is InChI=1S/C20H16F3NO2S.C2H6/c1-2-6-16(25)27-15-11-9-14(10-12-15)18-17(13-7-4-3-5-8-13)19(26-24-18)20(21,22)23;1-2/h3-5,7-12H,2,6H2,1H3;1-2H3. The molecule has 0 saturated carbocycles. The highest BCUT2D eigenvalue weighted by atomic mass is 32.2. The van der Waals surface area contributed by atoms with Crippen LogP contribution in [0.1, 0.15) is 39.4 Å². The van der Waals surface area contributed by atoms with Gasteiger partial charge in [0.15, 0.2) is 5.12 Å². The van der Waals surface area contributed by atoms with Crippen molar-refractivity contribution < 1.29 is 22.5 Å². The van der Waals surface area contributed by atoms with E-state index in [4.69, 9.17) is 0 Å². The van der Waals surface area contributed by atoms with Crippen LogP contribution in [0, 0.1) is 0 Å². The summed E-state index contributed by atoms with van der Waals surface area (Å²) in [5, 5.41) is 3.73. The Hall–Kier alpha value is -2.54. The van der Waals surface area contributed by atoms with E-state index in [0.29, 0.717) is 17.5 Å². The fourth-order valence-electron chi connectivity index (χ4n) is 2.62. The summed E-state index contributed by atoms with van der Waals surface area (Å²) < 4.78 is 44.8. The number of alkyl halides is 3. The lowest BCUT2D eigenvalue weighted by Crippen LogP contribution is -2.05. The van der Waals surface area contributed by atoms with E-state index in [1.807, 2.05) is 20.8 Å². The van der Waals surface area contributed by atoms with Crippen LogP contribution in [0.5, 0.6) is 0 Å². The molecule has 3 aromatic rings. The van der Waals surface area contributed by atoms with Crippen molar-refractivity contribution in [2.24, 2.45) is 0 Å². The highest BCUT2D eigenvalue weighted by Gasteiger charge is 2.41. The lowest BCUT2D eigenvalue weighted by molar-refractivity contribution is -0.154. The van der Waals surface area contributed by atoms with Gasteiger partial charge >= 0.3 is 6.18 Å². The summed E-state index contributed by atoms with van der Waals surface area (Å²) in [5.74, 6) is -1.12. The number of halogens is 3. The SMILES string of the molecule is CC.CCCC(=O)Sc1ccc(-c2noc(C(F)(F)F)c2-c2ccccc2)cc1. The molecule has 1 aromatic heterocycles. The maximum Gasteiger partial charge on any atom is 0.453 e. The van der Waals surface area contributed by atoms with Crippen molar-refractivity contribution in [3.05, 3.63) is 60.4 Å². The lowest BCUT2D eigenvalue weighted by atomic mass is 9.99. The van der Waals surface area contributed by atoms with Gasteiger partial charge in [0.2, 0.25) is 5.76 Å². The van der Waals surface area contributed by atoms with E-state index in [9.17, 15) is 18.0 Å². The third-order valence-corrected chi connectivity index (χ3v) is 4.77. The van der Waals surface area contributed by atoms with Crippen LogP contribution >= 0.6 is 11.8 Å². The van der Waals surface area contributed by atoms with Gasteiger partial charge in [0.05, 0.1) is 5.56 Å². The number of benzene rings is 2. The molecule has 0 spiro atoms. The minimum atomic E-state index is -4.65. The molecule has 0 bridgehead atoms. The monoisotopic (exact) mass is 421 g/mol. The number of carbonyl (C=O) groups is 1. The summed E-state index contributed by atoms with van der Waals surface area (Å²) >= 11 is 1.12. The molecule has 0 unspecified atom stereocenters. The highest BCUT2D eigenvalue weighted by Crippen LogP contribution is 2.42. The average Bonchev–Trinajstić information content (AvgIpc) is 3.17. The molecule has 0 aliphatic carbocycles. The second-order valence-corrected chi connectivity index (χ2v) is 6.98. The maximum atomic E-state index is 13.4. The molecule has 29 heavy (non-hydrogen) atoms. The number of hydrogen-bond acceptors (Lipinski definition) is 4. The predicted octanol–water partition coefficient (Wildman–Crippen LogP) is 7.47. The van der Waals surface area contributed by atoms with E-state index in [2.05, 4.69) is 9.68 Å². The molecule has 0 radical (unpaired) electrons. The van der Waals surface area contributed by atoms with Crippen LogP contribution in [0.15, 0.2) is 64.0 Å². The van der Waals surface area contributed by atoms with Gasteiger partial charge in [-0.15, -0.1) is 0 Å². The van der Waals surface area contributed by atoms with Crippen LogP contribution in [0.3, 0.4) is 0 Å². The van der Waals surface area contributed by atoms with Crippen molar-refractivity contribution in [1.29, 1.82) is 0 Å². The Morgan fingerprint density at radius 3 is 2.17 bits per heavy atom. The summed E-state index contributed by atoms with van der Waals surface area (Å²) in [6.45, 7) is 5.93. The summed E-state index contributed by atoms with van der Waals surface area (Å²) in [7, 11) is 0. The van der Waals surface area contributed by atoms with E-state index < -0.39 is 11.9 Å². The molecule has 0 saturated heterocycles. The maximum absolute atomic E-state index is 13.4. The van der Waals surface area contributed by atoms with Crippen molar-refractivity contribution >= 4 is 16.9 Å². The Labute approximate surface area is 172 Å². The zero-order valence-corrected chi connectivity index (χ0v) is 17.2. The van der Waals surface area contributed by atoms with Gasteiger partial charge in [-0.25, -0.2) is 0 Å². The van der Waals surface area contributed by atoms with Crippen molar-refractivity contribution in [2.45, 2.75) is 44.7 Å². The van der Waals surface area contributed by atoms with Crippen molar-refractivity contribution in [2.75, 3.05) is 0 Å². The van der Waals surface area contributed by atoms with Crippen LogP contribution in [-0.4, -0.2) is 10.3 Å². The molecule has 0 N–H and O–H groups in total. The van der Waals surface area contributed by atoms with Gasteiger partial charge in [0, 0.05) is 16.9 Å². The average molecular weight is 421 g/mol. The Morgan fingerprint density at radius 2 is 1.62 bits per heavy atom. The number of aromatic nitrogens is 1. The molecule has 0 fully saturated rings. The van der Waals surface area contributed by atoms with Gasteiger partial charge in [-0.2, -0.15) is 13.2 Å². The number of nitrogens with zero attached hydrogens (tertiary/aromatic N) is 1. The molecule has 7 heteroatoms. The van der Waals surface area contributed by atoms with Gasteiger partial charge < -0.3 is 4.52 Å². The third-order valence-electron chi connectivity index (χ3n) is 3.83. The van der Waals surface area contributed by atoms with E-state index in [0.717, 1.165) is 23.1 Å². The molecule has 2 aromatic carbocycles. The fourth-order valence-corrected chi connectivity index (χ4v) is 3.46. The number of carbonyl (C=O) groups excluding carboxylic acids is 1. The first kappa shape index (κ1) is 22.7. The summed E-state index contributed by atoms with van der Waals surface area (Å²) in [6.07, 6.45) is -3.41. The van der Waals surface area contributed by atoms with Crippen LogP contribution in [0.25, 0.3) is 22.4 Å². The molecule has 0 atom stereocenters. The summed E-state index contributed by atoms with van der Waals surface area (Å²) in [4.78, 5) is 12.5. The first-order chi connectivity index (χ1) is 13.9. The van der Waals surface area contributed by atoms with Crippen molar-refractivity contribution in [3.8, 4) is 22.4 Å². The quantitative estimate of drug-likeness (QED) is 0.401. The highest BCUT2D eigenvalue weighted by molar-refractivity contribution is 8.13. The van der Waals surface area contributed by atoms with Crippen molar-refractivity contribution in [1.82, 2.24) is 5.16 Å². The molecule has 1 heterocycles. The van der Waals surface area contributed by atoms with Gasteiger partial charge in [-0.05, 0) is 24.1 Å². The van der Waals surface area contributed by atoms with Crippen molar-refractivity contribution in [3.63, 3.8) is 0 Å². The number of rotatable bonds is 5. The summed E-state index contributed by atoms with van der Waals surface area (Å²) in [5.41, 5.74) is 0.883.